The summed E-state index contributed by atoms with van der Waals surface area (Å²) in [6.07, 6.45) is 9.98. The van der Waals surface area contributed by atoms with Crippen molar-refractivity contribution in [3.8, 4) is 0 Å². The Balaban J connectivity index is 0.000000637. The Morgan fingerprint density at radius 2 is 2.05 bits per heavy atom. The fourth-order valence-electron chi connectivity index (χ4n) is 3.75. The predicted octanol–water partition coefficient (Wildman–Crippen LogP) is 4.82. The lowest BCUT2D eigenvalue weighted by Gasteiger charge is -2.26. The maximum Gasteiger partial charge on any atom is 0.0438 e. The summed E-state index contributed by atoms with van der Waals surface area (Å²) in [5.41, 5.74) is 4.55. The zero-order valence-electron chi connectivity index (χ0n) is 13.1. The number of hydrogen-bond donors (Lipinski definition) is 0. The minimum atomic E-state index is 0.960. The van der Waals surface area contributed by atoms with Gasteiger partial charge in [-0.05, 0) is 67.1 Å². The third-order valence-electron chi connectivity index (χ3n) is 4.95. The van der Waals surface area contributed by atoms with Crippen LogP contribution in [0.5, 0.6) is 0 Å². The summed E-state index contributed by atoms with van der Waals surface area (Å²) in [5, 5.41) is 0. The van der Waals surface area contributed by atoms with E-state index in [2.05, 4.69) is 24.9 Å². The molecule has 2 aliphatic rings. The zero-order valence-corrected chi connectivity index (χ0v) is 13.1. The van der Waals surface area contributed by atoms with Crippen LogP contribution < -0.4 is 0 Å². The van der Waals surface area contributed by atoms with E-state index in [1.807, 2.05) is 20.0 Å². The molecule has 0 N–H and O–H groups in total. The minimum absolute atomic E-state index is 0.960. The van der Waals surface area contributed by atoms with Crippen molar-refractivity contribution < 1.29 is 0 Å². The highest BCUT2D eigenvalue weighted by molar-refractivity contribution is 5.33. The highest BCUT2D eigenvalue weighted by Crippen LogP contribution is 2.50. The summed E-state index contributed by atoms with van der Waals surface area (Å²) < 4.78 is 0. The van der Waals surface area contributed by atoms with E-state index in [0.717, 1.165) is 17.8 Å². The van der Waals surface area contributed by atoms with Gasteiger partial charge in [0.25, 0.3) is 0 Å². The SMILES string of the molecule is CC.CCc1ccnc2c1CC(C1CC1CC)CC2. The maximum absolute atomic E-state index is 4.58. The molecule has 1 nitrogen and oxygen atoms in total. The van der Waals surface area contributed by atoms with Crippen LogP contribution in [0, 0.1) is 17.8 Å². The van der Waals surface area contributed by atoms with Crippen LogP contribution in [-0.4, -0.2) is 4.98 Å². The van der Waals surface area contributed by atoms with Gasteiger partial charge >= 0.3 is 0 Å². The van der Waals surface area contributed by atoms with Crippen molar-refractivity contribution in [2.75, 3.05) is 0 Å². The Labute approximate surface area is 118 Å². The molecule has 1 saturated carbocycles. The molecule has 19 heavy (non-hydrogen) atoms. The van der Waals surface area contributed by atoms with Crippen LogP contribution in [-0.2, 0) is 19.3 Å². The van der Waals surface area contributed by atoms with E-state index in [4.69, 9.17) is 0 Å². The Bertz CT molecular complexity index is 396. The van der Waals surface area contributed by atoms with E-state index >= 15 is 0 Å². The van der Waals surface area contributed by atoms with Gasteiger partial charge in [-0.15, -0.1) is 0 Å². The summed E-state index contributed by atoms with van der Waals surface area (Å²) in [6.45, 7) is 8.62. The van der Waals surface area contributed by atoms with Crippen molar-refractivity contribution in [1.82, 2.24) is 4.98 Å². The highest BCUT2D eigenvalue weighted by atomic mass is 14.7. The zero-order chi connectivity index (χ0) is 13.8. The van der Waals surface area contributed by atoms with Gasteiger partial charge in [-0.25, -0.2) is 0 Å². The molecule has 1 heteroatoms. The second-order valence-electron chi connectivity index (χ2n) is 5.82. The van der Waals surface area contributed by atoms with Crippen LogP contribution >= 0.6 is 0 Å². The summed E-state index contributed by atoms with van der Waals surface area (Å²) >= 11 is 0. The van der Waals surface area contributed by atoms with Gasteiger partial charge in [-0.1, -0.05) is 34.1 Å². The number of rotatable bonds is 3. The fourth-order valence-corrected chi connectivity index (χ4v) is 3.75. The van der Waals surface area contributed by atoms with E-state index in [1.165, 1.54) is 44.2 Å². The second kappa shape index (κ2) is 6.54. The first-order chi connectivity index (χ1) is 9.33. The average Bonchev–Trinajstić information content (AvgIpc) is 3.28. The number of aromatic nitrogens is 1. The van der Waals surface area contributed by atoms with Crippen molar-refractivity contribution in [1.29, 1.82) is 0 Å². The van der Waals surface area contributed by atoms with Crippen molar-refractivity contribution in [2.24, 2.45) is 17.8 Å². The number of fused-ring (bicyclic) bond motifs is 1. The van der Waals surface area contributed by atoms with Crippen molar-refractivity contribution in [3.63, 3.8) is 0 Å². The first-order valence-electron chi connectivity index (χ1n) is 8.29. The molecule has 1 heterocycles. The molecule has 2 aliphatic carbocycles. The lowest BCUT2D eigenvalue weighted by atomic mass is 9.80. The smallest absolute Gasteiger partial charge is 0.0438 e. The number of hydrogen-bond acceptors (Lipinski definition) is 1. The summed E-state index contributed by atoms with van der Waals surface area (Å²) in [6, 6.07) is 2.23. The first-order valence-corrected chi connectivity index (χ1v) is 8.29. The van der Waals surface area contributed by atoms with Crippen LogP contribution in [0.4, 0.5) is 0 Å². The van der Waals surface area contributed by atoms with Crippen LogP contribution in [0.3, 0.4) is 0 Å². The Morgan fingerprint density at radius 3 is 2.68 bits per heavy atom. The van der Waals surface area contributed by atoms with E-state index in [1.54, 1.807) is 11.1 Å². The molecular formula is C18H29N. The highest BCUT2D eigenvalue weighted by Gasteiger charge is 2.42. The van der Waals surface area contributed by atoms with Gasteiger partial charge in [-0.2, -0.15) is 0 Å². The lowest BCUT2D eigenvalue weighted by Crippen LogP contribution is -2.19. The van der Waals surface area contributed by atoms with E-state index in [9.17, 15) is 0 Å². The van der Waals surface area contributed by atoms with Crippen LogP contribution in [0.1, 0.15) is 63.8 Å². The van der Waals surface area contributed by atoms with E-state index < -0.39 is 0 Å². The van der Waals surface area contributed by atoms with Gasteiger partial charge in [0.2, 0.25) is 0 Å². The van der Waals surface area contributed by atoms with Crippen molar-refractivity contribution >= 4 is 0 Å². The molecule has 3 atom stereocenters. The fraction of sp³-hybridized carbons (Fsp3) is 0.722. The van der Waals surface area contributed by atoms with Gasteiger partial charge in [0.15, 0.2) is 0 Å². The normalized spacial score (nSPS) is 28.1. The summed E-state index contributed by atoms with van der Waals surface area (Å²) in [5.74, 6) is 3.04. The van der Waals surface area contributed by atoms with Gasteiger partial charge in [0, 0.05) is 11.9 Å². The standard InChI is InChI=1S/C16H23N.C2H6/c1-3-11-7-8-17-16-6-5-13(10-15(11)16)14-9-12(14)4-2;1-2/h7-8,12-14H,3-6,9-10H2,1-2H3;1-2H3. The Hall–Kier alpha value is -0.850. The second-order valence-corrected chi connectivity index (χ2v) is 5.82. The topological polar surface area (TPSA) is 12.9 Å². The molecule has 3 unspecified atom stereocenters. The van der Waals surface area contributed by atoms with Gasteiger partial charge in [0.1, 0.15) is 0 Å². The van der Waals surface area contributed by atoms with E-state index in [0.29, 0.717) is 0 Å². The van der Waals surface area contributed by atoms with Crippen molar-refractivity contribution in [3.05, 3.63) is 29.1 Å². The predicted molar refractivity (Wildman–Crippen MR) is 82.4 cm³/mol. The minimum Gasteiger partial charge on any atom is -0.261 e. The molecule has 3 rings (SSSR count). The number of aryl methyl sites for hydroxylation is 2. The molecule has 1 aromatic heterocycles. The molecule has 0 amide bonds. The molecule has 1 aromatic rings. The van der Waals surface area contributed by atoms with Crippen molar-refractivity contribution in [2.45, 2.75) is 66.2 Å². The summed E-state index contributed by atoms with van der Waals surface area (Å²) in [4.78, 5) is 4.58. The summed E-state index contributed by atoms with van der Waals surface area (Å²) in [7, 11) is 0. The van der Waals surface area contributed by atoms with Crippen LogP contribution in [0.15, 0.2) is 12.3 Å². The molecule has 0 bridgehead atoms. The first kappa shape index (κ1) is 14.6. The molecule has 106 valence electrons. The lowest BCUT2D eigenvalue weighted by molar-refractivity contribution is 0.378. The van der Waals surface area contributed by atoms with Gasteiger partial charge in [0.05, 0.1) is 0 Å². The Kier molecular flexibility index (Phi) is 5.01. The maximum atomic E-state index is 4.58. The number of pyridine rings is 1. The molecule has 0 aliphatic heterocycles. The van der Waals surface area contributed by atoms with Gasteiger partial charge < -0.3 is 0 Å². The quantitative estimate of drug-likeness (QED) is 0.758. The molecule has 0 spiro atoms. The van der Waals surface area contributed by atoms with Crippen LogP contribution in [0.2, 0.25) is 0 Å². The molecular weight excluding hydrogens is 230 g/mol. The Morgan fingerprint density at radius 1 is 1.26 bits per heavy atom. The molecule has 0 saturated heterocycles. The van der Waals surface area contributed by atoms with Gasteiger partial charge in [-0.3, -0.25) is 4.98 Å². The molecule has 0 radical (unpaired) electrons. The monoisotopic (exact) mass is 259 g/mol. The molecule has 1 fully saturated rings. The molecule has 0 aromatic carbocycles. The third kappa shape index (κ3) is 3.01. The largest absolute Gasteiger partial charge is 0.261 e. The van der Waals surface area contributed by atoms with E-state index in [-0.39, 0.29) is 0 Å². The van der Waals surface area contributed by atoms with Crippen LogP contribution in [0.25, 0.3) is 0 Å². The number of nitrogens with zero attached hydrogens (tertiary/aromatic N) is 1. The third-order valence-corrected chi connectivity index (χ3v) is 4.95. The average molecular weight is 259 g/mol.